The molecule has 1 fully saturated rings. The molecule has 28 heavy (non-hydrogen) atoms. The largest absolute Gasteiger partial charge is 0.463 e. The first-order valence-electron chi connectivity index (χ1n) is 9.24. The molecule has 1 saturated heterocycles. The van der Waals surface area contributed by atoms with Crippen LogP contribution < -0.4 is 4.74 Å². The van der Waals surface area contributed by atoms with Gasteiger partial charge in [-0.1, -0.05) is 6.58 Å². The summed E-state index contributed by atoms with van der Waals surface area (Å²) < 4.78 is 19.7. The van der Waals surface area contributed by atoms with Crippen molar-refractivity contribution < 1.29 is 13.9 Å². The first kappa shape index (κ1) is 18.2. The summed E-state index contributed by atoms with van der Waals surface area (Å²) in [5.41, 5.74) is 2.59. The Morgan fingerprint density at radius 1 is 1.39 bits per heavy atom. The zero-order chi connectivity index (χ0) is 19.5. The average Bonchev–Trinajstić information content (AvgIpc) is 3.13. The van der Waals surface area contributed by atoms with Gasteiger partial charge in [0.2, 0.25) is 12.8 Å². The predicted molar refractivity (Wildman–Crippen MR) is 105 cm³/mol. The minimum atomic E-state index is -0.886. The van der Waals surface area contributed by atoms with Crippen LogP contribution in [0.4, 0.5) is 4.39 Å². The molecule has 0 aliphatic carbocycles. The molecule has 1 aliphatic rings. The Kier molecular flexibility index (Phi) is 5.06. The van der Waals surface area contributed by atoms with Crippen molar-refractivity contribution in [2.45, 2.75) is 18.9 Å². The Balaban J connectivity index is 1.83. The number of likely N-dealkylation sites (tertiary alicyclic amines) is 1. The highest BCUT2D eigenvalue weighted by Gasteiger charge is 2.27. The Morgan fingerprint density at radius 3 is 3.04 bits per heavy atom. The molecule has 1 unspecified atom stereocenters. The maximum absolute atomic E-state index is 12.7. The number of rotatable bonds is 5. The Bertz CT molecular complexity index is 1000. The van der Waals surface area contributed by atoms with E-state index in [0.717, 1.165) is 41.5 Å². The van der Waals surface area contributed by atoms with Gasteiger partial charge in [0, 0.05) is 36.4 Å². The fraction of sp³-hybridized carbons (Fsp3) is 0.286. The van der Waals surface area contributed by atoms with Crippen LogP contribution in [0, 0.1) is 0 Å². The molecule has 6 nitrogen and oxygen atoms in total. The molecule has 3 heterocycles. The van der Waals surface area contributed by atoms with Crippen molar-refractivity contribution in [1.29, 1.82) is 0 Å². The van der Waals surface area contributed by atoms with E-state index in [1.807, 2.05) is 22.9 Å². The number of aromatic nitrogens is 3. The third kappa shape index (κ3) is 3.35. The first-order valence-corrected chi connectivity index (χ1v) is 9.24. The summed E-state index contributed by atoms with van der Waals surface area (Å²) in [4.78, 5) is 18.1. The molecule has 144 valence electrons. The van der Waals surface area contributed by atoms with E-state index in [4.69, 9.17) is 9.84 Å². The number of benzene rings is 1. The molecule has 1 aliphatic heterocycles. The van der Waals surface area contributed by atoms with Crippen LogP contribution in [0.25, 0.3) is 22.2 Å². The van der Waals surface area contributed by atoms with E-state index in [2.05, 4.69) is 11.6 Å². The molecule has 0 spiro atoms. The molecule has 0 bridgehead atoms. The van der Waals surface area contributed by atoms with Gasteiger partial charge in [-0.2, -0.15) is 5.10 Å². The number of carbonyl (C=O) groups is 1. The second-order valence-electron chi connectivity index (χ2n) is 6.75. The fourth-order valence-electron chi connectivity index (χ4n) is 3.77. The van der Waals surface area contributed by atoms with Crippen LogP contribution in [-0.2, 0) is 4.79 Å². The monoisotopic (exact) mass is 380 g/mol. The number of nitrogens with zero attached hydrogens (tertiary/aromatic N) is 4. The summed E-state index contributed by atoms with van der Waals surface area (Å²) in [6.45, 7) is 4.00. The van der Waals surface area contributed by atoms with Crippen LogP contribution in [0.15, 0.2) is 55.4 Å². The molecule has 4 rings (SSSR count). The lowest BCUT2D eigenvalue weighted by atomic mass is 10.0. The molecule has 0 saturated carbocycles. The highest BCUT2D eigenvalue weighted by atomic mass is 19.1. The average molecular weight is 380 g/mol. The normalized spacial score (nSPS) is 16.9. The second kappa shape index (κ2) is 7.80. The molecule has 0 N–H and O–H groups in total. The number of carbonyl (C=O) groups excluding carboxylic acids is 1. The first-order chi connectivity index (χ1) is 13.7. The topological polar surface area (TPSA) is 60.2 Å². The number of piperidine rings is 1. The zero-order valence-electron chi connectivity index (χ0n) is 15.4. The van der Waals surface area contributed by atoms with Gasteiger partial charge in [-0.3, -0.25) is 14.5 Å². The summed E-state index contributed by atoms with van der Waals surface area (Å²) in [6.07, 6.45) is 6.66. The molecular formula is C21H21FN4O2. The van der Waals surface area contributed by atoms with E-state index in [1.54, 1.807) is 29.4 Å². The number of amides is 1. The summed E-state index contributed by atoms with van der Waals surface area (Å²) in [5.74, 6) is 0.384. The van der Waals surface area contributed by atoms with Gasteiger partial charge in [0.25, 0.3) is 0 Å². The molecule has 3 aromatic rings. The number of hydrogen-bond donors (Lipinski definition) is 0. The molecular weight excluding hydrogens is 359 g/mol. The molecule has 0 radical (unpaired) electrons. The van der Waals surface area contributed by atoms with Crippen LogP contribution in [0.2, 0.25) is 0 Å². The van der Waals surface area contributed by atoms with E-state index < -0.39 is 6.86 Å². The number of alkyl halides is 1. The minimum absolute atomic E-state index is 0.0331. The van der Waals surface area contributed by atoms with Gasteiger partial charge in [0.05, 0.1) is 17.3 Å². The Morgan fingerprint density at radius 2 is 2.29 bits per heavy atom. The van der Waals surface area contributed by atoms with Crippen molar-refractivity contribution in [1.82, 2.24) is 19.7 Å². The number of hydrogen-bond acceptors (Lipinski definition) is 4. The van der Waals surface area contributed by atoms with Crippen LogP contribution >= 0.6 is 0 Å². The van der Waals surface area contributed by atoms with E-state index >= 15 is 0 Å². The van der Waals surface area contributed by atoms with Gasteiger partial charge >= 0.3 is 0 Å². The van der Waals surface area contributed by atoms with Gasteiger partial charge in [0.1, 0.15) is 5.75 Å². The van der Waals surface area contributed by atoms with E-state index in [-0.39, 0.29) is 11.9 Å². The van der Waals surface area contributed by atoms with Gasteiger partial charge in [-0.25, -0.2) is 4.39 Å². The molecule has 1 amide bonds. The lowest BCUT2D eigenvalue weighted by Crippen LogP contribution is -2.40. The molecule has 1 atom stereocenters. The highest BCUT2D eigenvalue weighted by Crippen LogP contribution is 2.35. The van der Waals surface area contributed by atoms with Gasteiger partial charge < -0.3 is 9.64 Å². The van der Waals surface area contributed by atoms with Gasteiger partial charge in [0.15, 0.2) is 0 Å². The Labute approximate surface area is 162 Å². The van der Waals surface area contributed by atoms with Crippen LogP contribution in [0.3, 0.4) is 0 Å². The smallest absolute Gasteiger partial charge is 0.246 e. The van der Waals surface area contributed by atoms with Crippen LogP contribution in [0.1, 0.15) is 18.9 Å². The molecule has 7 heteroatoms. The van der Waals surface area contributed by atoms with E-state index in [9.17, 15) is 9.18 Å². The van der Waals surface area contributed by atoms with Crippen molar-refractivity contribution in [3.05, 3.63) is 55.4 Å². The number of fused-ring (bicyclic) bond motifs is 1. The fourth-order valence-corrected chi connectivity index (χ4v) is 3.77. The standard InChI is InChI=1S/C21H21FN4O2/c1-2-20(27)25-10-4-6-16(13-25)26-21(15-5-3-9-23-12-15)18-11-17(28-14-22)7-8-19(18)24-26/h2-3,5,7-9,11-12,16H,1,4,6,10,13-14H2. The zero-order valence-corrected chi connectivity index (χ0v) is 15.4. The van der Waals surface area contributed by atoms with Crippen LogP contribution in [0.5, 0.6) is 5.75 Å². The summed E-state index contributed by atoms with van der Waals surface area (Å²) in [6, 6.07) is 9.21. The van der Waals surface area contributed by atoms with Crippen LogP contribution in [-0.4, -0.2) is 45.5 Å². The van der Waals surface area contributed by atoms with Crippen molar-refractivity contribution in [2.24, 2.45) is 0 Å². The van der Waals surface area contributed by atoms with Crippen molar-refractivity contribution >= 4 is 16.8 Å². The third-order valence-corrected chi connectivity index (χ3v) is 5.05. The lowest BCUT2D eigenvalue weighted by Gasteiger charge is -2.33. The van der Waals surface area contributed by atoms with Crippen molar-refractivity contribution in [3.8, 4) is 17.0 Å². The van der Waals surface area contributed by atoms with E-state index in [0.29, 0.717) is 12.3 Å². The lowest BCUT2D eigenvalue weighted by molar-refractivity contribution is -0.127. The summed E-state index contributed by atoms with van der Waals surface area (Å²) in [5, 5.41) is 5.68. The molecule has 1 aromatic carbocycles. The third-order valence-electron chi connectivity index (χ3n) is 5.05. The SMILES string of the molecule is C=CC(=O)N1CCCC(n2nc3ccc(OCF)cc3c2-c2cccnc2)C1. The van der Waals surface area contributed by atoms with E-state index in [1.165, 1.54) is 6.08 Å². The minimum Gasteiger partial charge on any atom is -0.463 e. The number of pyridine rings is 1. The maximum atomic E-state index is 12.7. The van der Waals surface area contributed by atoms with Gasteiger partial charge in [-0.15, -0.1) is 0 Å². The Hall–Kier alpha value is -3.22. The summed E-state index contributed by atoms with van der Waals surface area (Å²) >= 11 is 0. The van der Waals surface area contributed by atoms with Gasteiger partial charge in [-0.05, 0) is 49.2 Å². The highest BCUT2D eigenvalue weighted by molar-refractivity contribution is 5.94. The van der Waals surface area contributed by atoms with Crippen molar-refractivity contribution in [3.63, 3.8) is 0 Å². The number of ether oxygens (including phenoxy) is 1. The maximum Gasteiger partial charge on any atom is 0.246 e. The predicted octanol–water partition coefficient (Wildman–Crippen LogP) is 3.75. The summed E-state index contributed by atoms with van der Waals surface area (Å²) in [7, 11) is 0. The number of halogens is 1. The van der Waals surface area contributed by atoms with Crippen molar-refractivity contribution in [2.75, 3.05) is 20.0 Å². The quantitative estimate of drug-likeness (QED) is 0.633. The molecule has 2 aromatic heterocycles. The second-order valence-corrected chi connectivity index (χ2v) is 6.75.